The summed E-state index contributed by atoms with van der Waals surface area (Å²) in [5, 5.41) is 3.02. The number of hydrogen-bond donors (Lipinski definition) is 1. The van der Waals surface area contributed by atoms with Crippen molar-refractivity contribution in [3.05, 3.63) is 11.9 Å². The van der Waals surface area contributed by atoms with Crippen LogP contribution in [0.2, 0.25) is 0 Å². The number of carbonyl (C=O) groups excluding carboxylic acids is 1. The highest BCUT2D eigenvalue weighted by Gasteiger charge is 2.17. The molecule has 0 fully saturated rings. The number of ether oxygens (including phenoxy) is 3. The van der Waals surface area contributed by atoms with Gasteiger partial charge in [0.1, 0.15) is 12.4 Å². The number of hydrogen-bond acceptors (Lipinski definition) is 7. The van der Waals surface area contributed by atoms with E-state index in [0.29, 0.717) is 30.5 Å². The van der Waals surface area contributed by atoms with Crippen molar-refractivity contribution in [1.82, 2.24) is 15.3 Å². The van der Waals surface area contributed by atoms with Gasteiger partial charge in [0, 0.05) is 6.54 Å². The van der Waals surface area contributed by atoms with Crippen LogP contribution in [-0.2, 0) is 16.1 Å². The van der Waals surface area contributed by atoms with Crippen molar-refractivity contribution in [2.75, 3.05) is 20.8 Å². The van der Waals surface area contributed by atoms with Crippen molar-refractivity contribution in [2.24, 2.45) is 0 Å². The van der Waals surface area contributed by atoms with E-state index in [1.165, 1.54) is 20.5 Å². The van der Waals surface area contributed by atoms with Gasteiger partial charge in [0.25, 0.3) is 0 Å². The van der Waals surface area contributed by atoms with Crippen molar-refractivity contribution in [3.8, 4) is 11.8 Å². The molecule has 0 bridgehead atoms. The van der Waals surface area contributed by atoms with Gasteiger partial charge in [-0.3, -0.25) is 4.79 Å². The van der Waals surface area contributed by atoms with Crippen LogP contribution in [0, 0.1) is 0 Å². The standard InChI is InChI=1S/C12H19N3O4/c1-5-19-12(16)8(2)13-6-9-10(17-3)14-7-15-11(9)18-4/h7-8,13H,5-6H2,1-4H3. The van der Waals surface area contributed by atoms with Crippen LogP contribution in [0.25, 0.3) is 0 Å². The monoisotopic (exact) mass is 269 g/mol. The van der Waals surface area contributed by atoms with E-state index >= 15 is 0 Å². The first kappa shape index (κ1) is 15.2. The molecule has 0 saturated heterocycles. The second-order valence-corrected chi connectivity index (χ2v) is 3.73. The van der Waals surface area contributed by atoms with E-state index in [9.17, 15) is 4.79 Å². The maximum atomic E-state index is 11.5. The SMILES string of the molecule is CCOC(=O)C(C)NCc1c(OC)ncnc1OC. The van der Waals surface area contributed by atoms with Crippen LogP contribution in [0.5, 0.6) is 11.8 Å². The molecule has 106 valence electrons. The Hall–Kier alpha value is -1.89. The Kier molecular flexibility index (Phi) is 6.01. The lowest BCUT2D eigenvalue weighted by atomic mass is 10.2. The molecule has 0 radical (unpaired) electrons. The summed E-state index contributed by atoms with van der Waals surface area (Å²) in [6, 6.07) is -0.436. The van der Waals surface area contributed by atoms with Crippen LogP contribution in [-0.4, -0.2) is 42.8 Å². The molecule has 1 N–H and O–H groups in total. The molecule has 0 saturated carbocycles. The summed E-state index contributed by atoms with van der Waals surface area (Å²) in [5.74, 6) is 0.517. The second kappa shape index (κ2) is 7.52. The molecule has 0 aliphatic carbocycles. The summed E-state index contributed by atoms with van der Waals surface area (Å²) in [6.45, 7) is 4.18. The van der Waals surface area contributed by atoms with Crippen LogP contribution >= 0.6 is 0 Å². The predicted molar refractivity (Wildman–Crippen MR) is 68.1 cm³/mol. The van der Waals surface area contributed by atoms with Crippen molar-refractivity contribution >= 4 is 5.97 Å². The Balaban J connectivity index is 2.73. The molecule has 1 aromatic rings. The van der Waals surface area contributed by atoms with Crippen LogP contribution < -0.4 is 14.8 Å². The fourth-order valence-corrected chi connectivity index (χ4v) is 1.49. The molecule has 0 aliphatic rings. The smallest absolute Gasteiger partial charge is 0.322 e. The van der Waals surface area contributed by atoms with Crippen LogP contribution in [0.3, 0.4) is 0 Å². The minimum absolute atomic E-state index is 0.308. The van der Waals surface area contributed by atoms with Gasteiger partial charge >= 0.3 is 5.97 Å². The third-order valence-corrected chi connectivity index (χ3v) is 2.48. The number of rotatable bonds is 7. The average molecular weight is 269 g/mol. The normalized spacial score (nSPS) is 11.8. The molecular weight excluding hydrogens is 250 g/mol. The lowest BCUT2D eigenvalue weighted by molar-refractivity contribution is -0.145. The highest BCUT2D eigenvalue weighted by molar-refractivity contribution is 5.75. The molecule has 0 spiro atoms. The zero-order valence-electron chi connectivity index (χ0n) is 11.6. The van der Waals surface area contributed by atoms with E-state index in [-0.39, 0.29) is 5.97 Å². The maximum Gasteiger partial charge on any atom is 0.322 e. The van der Waals surface area contributed by atoms with Crippen molar-refractivity contribution < 1.29 is 19.0 Å². The topological polar surface area (TPSA) is 82.6 Å². The number of aromatic nitrogens is 2. The fourth-order valence-electron chi connectivity index (χ4n) is 1.49. The summed E-state index contributed by atoms with van der Waals surface area (Å²) in [6.07, 6.45) is 1.36. The first-order valence-corrected chi connectivity index (χ1v) is 5.95. The summed E-state index contributed by atoms with van der Waals surface area (Å²) >= 11 is 0. The summed E-state index contributed by atoms with van der Waals surface area (Å²) in [7, 11) is 3.03. The Bertz CT molecular complexity index is 403. The van der Waals surface area contributed by atoms with Crippen molar-refractivity contribution in [3.63, 3.8) is 0 Å². The molecule has 1 heterocycles. The molecule has 0 aliphatic heterocycles. The number of esters is 1. The van der Waals surface area contributed by atoms with Crippen LogP contribution in [0.15, 0.2) is 6.33 Å². The van der Waals surface area contributed by atoms with Gasteiger partial charge in [-0.05, 0) is 13.8 Å². The van der Waals surface area contributed by atoms with Gasteiger partial charge < -0.3 is 19.5 Å². The average Bonchev–Trinajstić information content (AvgIpc) is 2.44. The maximum absolute atomic E-state index is 11.5. The van der Waals surface area contributed by atoms with Gasteiger partial charge in [0.05, 0.1) is 26.4 Å². The van der Waals surface area contributed by atoms with E-state index in [1.807, 2.05) is 0 Å². The highest BCUT2D eigenvalue weighted by Crippen LogP contribution is 2.22. The minimum Gasteiger partial charge on any atom is -0.481 e. The number of nitrogens with one attached hydrogen (secondary N) is 1. The zero-order chi connectivity index (χ0) is 14.3. The van der Waals surface area contributed by atoms with Gasteiger partial charge in [0.15, 0.2) is 0 Å². The van der Waals surface area contributed by atoms with Gasteiger partial charge in [-0.25, -0.2) is 9.97 Å². The van der Waals surface area contributed by atoms with Crippen molar-refractivity contribution in [2.45, 2.75) is 26.4 Å². The Labute approximate surface area is 112 Å². The molecule has 0 aromatic carbocycles. The fraction of sp³-hybridized carbons (Fsp3) is 0.583. The largest absolute Gasteiger partial charge is 0.481 e. The van der Waals surface area contributed by atoms with E-state index < -0.39 is 6.04 Å². The van der Waals surface area contributed by atoms with Gasteiger partial charge in [-0.1, -0.05) is 0 Å². The Morgan fingerprint density at radius 2 is 1.89 bits per heavy atom. The molecule has 1 rings (SSSR count). The van der Waals surface area contributed by atoms with E-state index in [0.717, 1.165) is 0 Å². The quantitative estimate of drug-likeness (QED) is 0.723. The van der Waals surface area contributed by atoms with Gasteiger partial charge in [-0.2, -0.15) is 0 Å². The first-order valence-electron chi connectivity index (χ1n) is 5.95. The third kappa shape index (κ3) is 4.06. The van der Waals surface area contributed by atoms with E-state index in [2.05, 4.69) is 15.3 Å². The van der Waals surface area contributed by atoms with Crippen LogP contribution in [0.1, 0.15) is 19.4 Å². The lowest BCUT2D eigenvalue weighted by Gasteiger charge is -2.15. The molecule has 1 unspecified atom stereocenters. The van der Waals surface area contributed by atoms with Gasteiger partial charge in [0.2, 0.25) is 11.8 Å². The number of nitrogens with zero attached hydrogens (tertiary/aromatic N) is 2. The third-order valence-electron chi connectivity index (χ3n) is 2.48. The first-order chi connectivity index (χ1) is 9.13. The zero-order valence-corrected chi connectivity index (χ0v) is 11.6. The molecule has 7 nitrogen and oxygen atoms in total. The molecular formula is C12H19N3O4. The summed E-state index contributed by atoms with van der Waals surface area (Å²) in [4.78, 5) is 19.5. The van der Waals surface area contributed by atoms with E-state index in [4.69, 9.17) is 14.2 Å². The number of methoxy groups -OCH3 is 2. The Morgan fingerprint density at radius 1 is 1.32 bits per heavy atom. The summed E-state index contributed by atoms with van der Waals surface area (Å²) < 4.78 is 15.2. The lowest BCUT2D eigenvalue weighted by Crippen LogP contribution is -2.35. The molecule has 7 heteroatoms. The minimum atomic E-state index is -0.436. The van der Waals surface area contributed by atoms with Crippen molar-refractivity contribution in [1.29, 1.82) is 0 Å². The molecule has 19 heavy (non-hydrogen) atoms. The molecule has 1 atom stereocenters. The highest BCUT2D eigenvalue weighted by atomic mass is 16.5. The predicted octanol–water partition coefficient (Wildman–Crippen LogP) is 0.535. The molecule has 0 amide bonds. The van der Waals surface area contributed by atoms with Gasteiger partial charge in [-0.15, -0.1) is 0 Å². The summed E-state index contributed by atoms with van der Waals surface area (Å²) in [5.41, 5.74) is 0.656. The second-order valence-electron chi connectivity index (χ2n) is 3.73. The molecule has 1 aromatic heterocycles. The Morgan fingerprint density at radius 3 is 2.37 bits per heavy atom. The number of carbonyl (C=O) groups is 1. The van der Waals surface area contributed by atoms with E-state index in [1.54, 1.807) is 13.8 Å². The van der Waals surface area contributed by atoms with Crippen LogP contribution in [0.4, 0.5) is 0 Å².